The van der Waals surface area contributed by atoms with Crippen LogP contribution in [0.2, 0.25) is 0 Å². The largest absolute Gasteiger partial charge is 0.489 e. The smallest absolute Gasteiger partial charge is 0.167 e. The molecule has 0 saturated heterocycles. The van der Waals surface area contributed by atoms with Crippen LogP contribution >= 0.6 is 0 Å². The van der Waals surface area contributed by atoms with E-state index in [1.54, 1.807) is 0 Å². The van der Waals surface area contributed by atoms with E-state index in [4.69, 9.17) is 10.5 Å². The molecular formula is C9H12FNO3S. The molecule has 0 radical (unpaired) electrons. The minimum atomic E-state index is -3.09. The number of sulfone groups is 1. The summed E-state index contributed by atoms with van der Waals surface area (Å²) in [5.41, 5.74) is 5.63. The Balaban J connectivity index is 2.59. The van der Waals surface area contributed by atoms with Crippen molar-refractivity contribution < 1.29 is 17.5 Å². The predicted octanol–water partition coefficient (Wildman–Crippen LogP) is 0.831. The minimum Gasteiger partial charge on any atom is -0.489 e. The number of halogens is 1. The topological polar surface area (TPSA) is 69.4 Å². The zero-order valence-corrected chi connectivity index (χ0v) is 9.05. The average Bonchev–Trinajstić information content (AvgIpc) is 2.07. The Morgan fingerprint density at radius 1 is 1.47 bits per heavy atom. The third-order valence-electron chi connectivity index (χ3n) is 1.67. The molecule has 15 heavy (non-hydrogen) atoms. The summed E-state index contributed by atoms with van der Waals surface area (Å²) in [7, 11) is -3.09. The lowest BCUT2D eigenvalue weighted by atomic mass is 10.3. The van der Waals surface area contributed by atoms with E-state index in [2.05, 4.69) is 0 Å². The number of hydrogen-bond donors (Lipinski definition) is 1. The van der Waals surface area contributed by atoms with Gasteiger partial charge in [0.2, 0.25) is 0 Å². The second-order valence-corrected chi connectivity index (χ2v) is 5.43. The molecule has 0 bridgehead atoms. The molecule has 0 aliphatic rings. The SMILES string of the molecule is CS(=O)(=O)CCOc1ccc(N)cc1F. The van der Waals surface area contributed by atoms with Gasteiger partial charge >= 0.3 is 0 Å². The summed E-state index contributed by atoms with van der Waals surface area (Å²) in [5.74, 6) is -0.729. The minimum absolute atomic E-state index is 0.00727. The number of hydrogen-bond acceptors (Lipinski definition) is 4. The van der Waals surface area contributed by atoms with E-state index in [9.17, 15) is 12.8 Å². The van der Waals surface area contributed by atoms with Crippen LogP contribution in [0.3, 0.4) is 0 Å². The molecular weight excluding hydrogens is 221 g/mol. The second-order valence-electron chi connectivity index (χ2n) is 3.17. The number of rotatable bonds is 4. The molecule has 0 fully saturated rings. The maximum Gasteiger partial charge on any atom is 0.167 e. The molecule has 0 spiro atoms. The summed E-state index contributed by atoms with van der Waals surface area (Å²) in [6.45, 7) is -0.0698. The summed E-state index contributed by atoms with van der Waals surface area (Å²) in [6, 6.07) is 3.97. The van der Waals surface area contributed by atoms with Crippen molar-refractivity contribution >= 4 is 15.5 Å². The van der Waals surface area contributed by atoms with Gasteiger partial charge in [-0.05, 0) is 12.1 Å². The van der Waals surface area contributed by atoms with Crippen molar-refractivity contribution in [3.05, 3.63) is 24.0 Å². The Morgan fingerprint density at radius 2 is 2.13 bits per heavy atom. The van der Waals surface area contributed by atoms with Crippen LogP contribution in [0, 0.1) is 5.82 Å². The number of ether oxygens (including phenoxy) is 1. The van der Waals surface area contributed by atoms with Gasteiger partial charge in [0.15, 0.2) is 21.4 Å². The van der Waals surface area contributed by atoms with E-state index >= 15 is 0 Å². The molecule has 6 heteroatoms. The average molecular weight is 233 g/mol. The first-order valence-corrected chi connectivity index (χ1v) is 6.30. The first kappa shape index (κ1) is 11.8. The van der Waals surface area contributed by atoms with E-state index < -0.39 is 15.7 Å². The monoisotopic (exact) mass is 233 g/mol. The zero-order chi connectivity index (χ0) is 11.5. The van der Waals surface area contributed by atoms with Crippen LogP contribution in [0.15, 0.2) is 18.2 Å². The van der Waals surface area contributed by atoms with Crippen molar-refractivity contribution in [3.8, 4) is 5.75 Å². The highest BCUT2D eigenvalue weighted by Gasteiger charge is 2.06. The van der Waals surface area contributed by atoms with Crippen LogP contribution in [0.4, 0.5) is 10.1 Å². The molecule has 2 N–H and O–H groups in total. The number of benzene rings is 1. The van der Waals surface area contributed by atoms with Gasteiger partial charge in [-0.1, -0.05) is 0 Å². The molecule has 1 aromatic rings. The molecule has 0 saturated carbocycles. The first-order valence-electron chi connectivity index (χ1n) is 4.24. The Labute approximate surface area is 87.8 Å². The van der Waals surface area contributed by atoms with E-state index in [1.165, 1.54) is 12.1 Å². The summed E-state index contributed by atoms with van der Waals surface area (Å²) < 4.78 is 39.6. The van der Waals surface area contributed by atoms with Gasteiger partial charge in [0.05, 0.1) is 5.75 Å². The van der Waals surface area contributed by atoms with E-state index in [-0.39, 0.29) is 18.1 Å². The highest BCUT2D eigenvalue weighted by Crippen LogP contribution is 2.19. The van der Waals surface area contributed by atoms with Gasteiger partial charge < -0.3 is 10.5 Å². The summed E-state index contributed by atoms with van der Waals surface area (Å²) in [6.07, 6.45) is 1.09. The van der Waals surface area contributed by atoms with Crippen molar-refractivity contribution in [2.24, 2.45) is 0 Å². The number of anilines is 1. The van der Waals surface area contributed by atoms with Crippen molar-refractivity contribution in [1.29, 1.82) is 0 Å². The predicted molar refractivity (Wildman–Crippen MR) is 56.0 cm³/mol. The molecule has 0 atom stereocenters. The van der Waals surface area contributed by atoms with Gasteiger partial charge in [-0.25, -0.2) is 12.8 Å². The van der Waals surface area contributed by atoms with Gasteiger partial charge in [-0.2, -0.15) is 0 Å². The number of nitrogen functional groups attached to an aromatic ring is 1. The van der Waals surface area contributed by atoms with E-state index in [0.717, 1.165) is 12.3 Å². The van der Waals surface area contributed by atoms with Gasteiger partial charge in [0, 0.05) is 18.0 Å². The third kappa shape index (κ3) is 4.16. The fourth-order valence-electron chi connectivity index (χ4n) is 0.937. The van der Waals surface area contributed by atoms with Crippen molar-refractivity contribution in [2.45, 2.75) is 0 Å². The summed E-state index contributed by atoms with van der Waals surface area (Å²) >= 11 is 0. The lowest BCUT2D eigenvalue weighted by Gasteiger charge is -2.06. The standard InChI is InChI=1S/C9H12FNO3S/c1-15(12,13)5-4-14-9-3-2-7(11)6-8(9)10/h2-3,6H,4-5,11H2,1H3. The van der Waals surface area contributed by atoms with Crippen LogP contribution in [0.25, 0.3) is 0 Å². The maximum absolute atomic E-state index is 13.1. The number of nitrogens with two attached hydrogens (primary N) is 1. The molecule has 1 rings (SSSR count). The molecule has 0 unspecified atom stereocenters. The first-order chi connectivity index (χ1) is 6.88. The Kier molecular flexibility index (Phi) is 3.52. The van der Waals surface area contributed by atoms with Crippen LogP contribution in [-0.2, 0) is 9.84 Å². The zero-order valence-electron chi connectivity index (χ0n) is 8.23. The third-order valence-corrected chi connectivity index (χ3v) is 2.58. The highest BCUT2D eigenvalue weighted by molar-refractivity contribution is 7.90. The molecule has 1 aromatic carbocycles. The second kappa shape index (κ2) is 4.48. The van der Waals surface area contributed by atoms with Crippen LogP contribution in [0.5, 0.6) is 5.75 Å². The normalized spacial score (nSPS) is 11.3. The molecule has 0 amide bonds. The highest BCUT2D eigenvalue weighted by atomic mass is 32.2. The lowest BCUT2D eigenvalue weighted by molar-refractivity contribution is 0.322. The Bertz CT molecular complexity index is 445. The fraction of sp³-hybridized carbons (Fsp3) is 0.333. The lowest BCUT2D eigenvalue weighted by Crippen LogP contribution is -2.12. The van der Waals surface area contributed by atoms with E-state index in [1.807, 2.05) is 0 Å². The van der Waals surface area contributed by atoms with Crippen molar-refractivity contribution in [2.75, 3.05) is 24.3 Å². The van der Waals surface area contributed by atoms with Gasteiger partial charge in [-0.3, -0.25) is 0 Å². The Morgan fingerprint density at radius 3 is 2.67 bits per heavy atom. The molecule has 0 aliphatic heterocycles. The molecule has 0 aliphatic carbocycles. The molecule has 4 nitrogen and oxygen atoms in total. The quantitative estimate of drug-likeness (QED) is 0.782. The molecule has 0 aromatic heterocycles. The van der Waals surface area contributed by atoms with Crippen molar-refractivity contribution in [1.82, 2.24) is 0 Å². The van der Waals surface area contributed by atoms with Crippen LogP contribution in [-0.4, -0.2) is 27.0 Å². The van der Waals surface area contributed by atoms with Gasteiger partial charge in [-0.15, -0.1) is 0 Å². The maximum atomic E-state index is 13.1. The van der Waals surface area contributed by atoms with Crippen LogP contribution in [0.1, 0.15) is 0 Å². The van der Waals surface area contributed by atoms with Gasteiger partial charge in [0.25, 0.3) is 0 Å². The molecule has 84 valence electrons. The van der Waals surface area contributed by atoms with Crippen molar-refractivity contribution in [3.63, 3.8) is 0 Å². The summed E-state index contributed by atoms with van der Waals surface area (Å²) in [4.78, 5) is 0. The fourth-order valence-corrected chi connectivity index (χ4v) is 1.32. The van der Waals surface area contributed by atoms with Crippen LogP contribution < -0.4 is 10.5 Å². The van der Waals surface area contributed by atoms with Gasteiger partial charge in [0.1, 0.15) is 6.61 Å². The molecule has 0 heterocycles. The Hall–Kier alpha value is -1.30. The van der Waals surface area contributed by atoms with E-state index in [0.29, 0.717) is 5.69 Å². The summed E-state index contributed by atoms with van der Waals surface area (Å²) in [5, 5.41) is 0.